The first kappa shape index (κ1) is 28.7. The number of rotatable bonds is 12. The number of hydrogen-bond acceptors (Lipinski definition) is 9. The number of aliphatic carboxylic acids is 2. The molecule has 37 heavy (non-hydrogen) atoms. The van der Waals surface area contributed by atoms with Crippen molar-refractivity contribution in [1.29, 1.82) is 0 Å². The molecule has 0 radical (unpaired) electrons. The predicted molar refractivity (Wildman–Crippen MR) is 126 cm³/mol. The minimum atomic E-state index is -1.17. The summed E-state index contributed by atoms with van der Waals surface area (Å²) < 4.78 is 14.7. The summed E-state index contributed by atoms with van der Waals surface area (Å²) >= 11 is 0. The van der Waals surface area contributed by atoms with Crippen molar-refractivity contribution in [1.82, 2.24) is 0 Å². The number of carboxylic acid groups (broad SMARTS) is 2. The fourth-order valence-electron chi connectivity index (χ4n) is 3.60. The van der Waals surface area contributed by atoms with E-state index in [4.69, 9.17) is 14.2 Å². The van der Waals surface area contributed by atoms with Crippen LogP contribution < -0.4 is 9.47 Å². The highest BCUT2D eigenvalue weighted by molar-refractivity contribution is 5.87. The molecular weight excluding hydrogens is 488 g/mol. The molecule has 0 spiro atoms. The van der Waals surface area contributed by atoms with Gasteiger partial charge in [-0.15, -0.1) is 0 Å². The normalized spacial score (nSPS) is 12.1. The number of carbonyl (C=O) groups is 6. The SMILES string of the molecule is CC(=O)Oc1ccc(C(CC(=O)O)CC(=O)OC(=O)CC(CC(=O)O)c2ccc(OC(C)=O)cc2)cc1. The first-order valence-electron chi connectivity index (χ1n) is 11.2. The molecule has 0 aromatic heterocycles. The zero-order chi connectivity index (χ0) is 27.5. The van der Waals surface area contributed by atoms with Crippen LogP contribution in [-0.4, -0.2) is 46.0 Å². The summed E-state index contributed by atoms with van der Waals surface area (Å²) in [7, 11) is 0. The molecule has 0 aliphatic heterocycles. The van der Waals surface area contributed by atoms with Crippen LogP contribution in [0.5, 0.6) is 11.5 Å². The summed E-state index contributed by atoms with van der Waals surface area (Å²) in [5.41, 5.74) is 0.915. The van der Waals surface area contributed by atoms with Gasteiger partial charge in [0.25, 0.3) is 0 Å². The number of hydrogen-bond donors (Lipinski definition) is 2. The fourth-order valence-corrected chi connectivity index (χ4v) is 3.60. The number of esters is 4. The van der Waals surface area contributed by atoms with Crippen molar-refractivity contribution in [2.24, 2.45) is 0 Å². The first-order valence-corrected chi connectivity index (χ1v) is 11.2. The van der Waals surface area contributed by atoms with Crippen molar-refractivity contribution in [3.8, 4) is 11.5 Å². The Balaban J connectivity index is 2.07. The van der Waals surface area contributed by atoms with E-state index in [1.165, 1.54) is 62.4 Å². The van der Waals surface area contributed by atoms with Gasteiger partial charge < -0.3 is 24.4 Å². The molecule has 2 rings (SSSR count). The van der Waals surface area contributed by atoms with Crippen molar-refractivity contribution in [2.75, 3.05) is 0 Å². The Labute approximate surface area is 211 Å². The highest BCUT2D eigenvalue weighted by Crippen LogP contribution is 2.28. The Kier molecular flexibility index (Phi) is 10.5. The van der Waals surface area contributed by atoms with E-state index in [-0.39, 0.29) is 11.5 Å². The van der Waals surface area contributed by atoms with Gasteiger partial charge in [-0.2, -0.15) is 0 Å². The lowest BCUT2D eigenvalue weighted by atomic mass is 9.92. The molecule has 0 amide bonds. The highest BCUT2D eigenvalue weighted by atomic mass is 16.6. The summed E-state index contributed by atoms with van der Waals surface area (Å²) in [5, 5.41) is 18.5. The van der Waals surface area contributed by atoms with Crippen LogP contribution in [0.2, 0.25) is 0 Å². The molecule has 0 aliphatic rings. The molecule has 11 heteroatoms. The summed E-state index contributed by atoms with van der Waals surface area (Å²) in [5.74, 6) is -6.52. The second-order valence-corrected chi connectivity index (χ2v) is 8.17. The molecule has 0 saturated heterocycles. The summed E-state index contributed by atoms with van der Waals surface area (Å²) in [4.78, 5) is 69.7. The van der Waals surface area contributed by atoms with E-state index in [1.54, 1.807) is 0 Å². The van der Waals surface area contributed by atoms with Crippen molar-refractivity contribution < 1.29 is 53.2 Å². The molecule has 0 fully saturated rings. The number of ether oxygens (including phenoxy) is 3. The van der Waals surface area contributed by atoms with Gasteiger partial charge in [-0.3, -0.25) is 28.8 Å². The summed E-state index contributed by atoms with van der Waals surface area (Å²) in [6.07, 6.45) is -1.70. The van der Waals surface area contributed by atoms with Gasteiger partial charge >= 0.3 is 35.8 Å². The highest BCUT2D eigenvalue weighted by Gasteiger charge is 2.25. The zero-order valence-corrected chi connectivity index (χ0v) is 20.2. The lowest BCUT2D eigenvalue weighted by Crippen LogP contribution is -2.19. The molecule has 196 valence electrons. The van der Waals surface area contributed by atoms with Gasteiger partial charge in [0, 0.05) is 25.7 Å². The molecule has 2 aromatic rings. The maximum atomic E-state index is 12.4. The van der Waals surface area contributed by atoms with Gasteiger partial charge in [0.15, 0.2) is 0 Å². The minimum absolute atomic E-state index is 0.244. The summed E-state index contributed by atoms with van der Waals surface area (Å²) in [6, 6.07) is 11.8. The van der Waals surface area contributed by atoms with Crippen LogP contribution in [0, 0.1) is 0 Å². The topological polar surface area (TPSA) is 171 Å². The van der Waals surface area contributed by atoms with Crippen molar-refractivity contribution in [3.63, 3.8) is 0 Å². The number of benzene rings is 2. The van der Waals surface area contributed by atoms with Gasteiger partial charge in [-0.1, -0.05) is 24.3 Å². The maximum absolute atomic E-state index is 12.4. The van der Waals surface area contributed by atoms with Crippen LogP contribution in [0.3, 0.4) is 0 Å². The van der Waals surface area contributed by atoms with Crippen LogP contribution in [0.4, 0.5) is 0 Å². The lowest BCUT2D eigenvalue weighted by molar-refractivity contribution is -0.160. The Morgan fingerprint density at radius 2 is 0.919 bits per heavy atom. The van der Waals surface area contributed by atoms with Crippen molar-refractivity contribution in [3.05, 3.63) is 59.7 Å². The van der Waals surface area contributed by atoms with E-state index in [0.29, 0.717) is 11.1 Å². The monoisotopic (exact) mass is 514 g/mol. The van der Waals surface area contributed by atoms with Gasteiger partial charge in [0.2, 0.25) is 0 Å². The second-order valence-electron chi connectivity index (χ2n) is 8.17. The average Bonchev–Trinajstić information content (AvgIpc) is 2.77. The van der Waals surface area contributed by atoms with Crippen molar-refractivity contribution >= 4 is 35.8 Å². The van der Waals surface area contributed by atoms with Crippen LogP contribution >= 0.6 is 0 Å². The Hall–Kier alpha value is -4.54. The predicted octanol–water partition coefficient (Wildman–Crippen LogP) is 3.20. The molecule has 11 nitrogen and oxygen atoms in total. The Morgan fingerprint density at radius 3 is 1.19 bits per heavy atom. The van der Waals surface area contributed by atoms with Gasteiger partial charge in [-0.05, 0) is 35.4 Å². The molecule has 0 bridgehead atoms. The van der Waals surface area contributed by atoms with Crippen LogP contribution in [-0.2, 0) is 33.5 Å². The van der Waals surface area contributed by atoms with E-state index < -0.39 is 73.3 Å². The average molecular weight is 514 g/mol. The standard InChI is InChI=1S/C26H26O11/c1-15(27)35-21-7-3-17(4-8-21)19(11-23(29)30)13-25(33)37-26(34)14-20(12-24(31)32)18-5-9-22(10-6-18)36-16(2)28/h3-10,19-20H,11-14H2,1-2H3,(H,29,30)(H,31,32). The fraction of sp³-hybridized carbons (Fsp3) is 0.308. The van der Waals surface area contributed by atoms with E-state index in [0.717, 1.165) is 0 Å². The third-order valence-electron chi connectivity index (χ3n) is 5.12. The smallest absolute Gasteiger partial charge is 0.314 e. The van der Waals surface area contributed by atoms with E-state index in [2.05, 4.69) is 0 Å². The molecule has 0 saturated carbocycles. The molecule has 2 atom stereocenters. The maximum Gasteiger partial charge on any atom is 0.314 e. The third kappa shape index (κ3) is 10.3. The Morgan fingerprint density at radius 1 is 0.595 bits per heavy atom. The van der Waals surface area contributed by atoms with Gasteiger partial charge in [-0.25, -0.2) is 0 Å². The largest absolute Gasteiger partial charge is 0.481 e. The number of carboxylic acids is 2. The number of carbonyl (C=O) groups excluding carboxylic acids is 4. The van der Waals surface area contributed by atoms with E-state index in [9.17, 15) is 39.0 Å². The quantitative estimate of drug-likeness (QED) is 0.242. The first-order chi connectivity index (χ1) is 17.4. The second kappa shape index (κ2) is 13.5. The van der Waals surface area contributed by atoms with E-state index >= 15 is 0 Å². The van der Waals surface area contributed by atoms with Crippen LogP contribution in [0.1, 0.15) is 62.5 Å². The molecule has 2 aromatic carbocycles. The molecule has 2 unspecified atom stereocenters. The molecule has 2 N–H and O–H groups in total. The Bertz CT molecular complexity index is 1060. The third-order valence-corrected chi connectivity index (χ3v) is 5.12. The molecule has 0 aliphatic carbocycles. The summed E-state index contributed by atoms with van der Waals surface area (Å²) in [6.45, 7) is 2.46. The van der Waals surface area contributed by atoms with E-state index in [1.807, 2.05) is 0 Å². The molecule has 0 heterocycles. The van der Waals surface area contributed by atoms with Crippen LogP contribution in [0.25, 0.3) is 0 Å². The molecular formula is C26H26O11. The lowest BCUT2D eigenvalue weighted by Gasteiger charge is -2.17. The van der Waals surface area contributed by atoms with Crippen molar-refractivity contribution in [2.45, 2.75) is 51.4 Å². The minimum Gasteiger partial charge on any atom is -0.481 e. The zero-order valence-electron chi connectivity index (χ0n) is 20.2. The van der Waals surface area contributed by atoms with Crippen LogP contribution in [0.15, 0.2) is 48.5 Å². The van der Waals surface area contributed by atoms with Gasteiger partial charge in [0.1, 0.15) is 11.5 Å². The van der Waals surface area contributed by atoms with Gasteiger partial charge in [0.05, 0.1) is 25.7 Å².